The average Bonchev–Trinajstić information content (AvgIpc) is 2.77. The summed E-state index contributed by atoms with van der Waals surface area (Å²) in [7, 11) is -3.63. The zero-order valence-electron chi connectivity index (χ0n) is 16.1. The largest absolute Gasteiger partial charge is 0.368 e. The number of sulfone groups is 1. The quantitative estimate of drug-likeness (QED) is 0.685. The number of hydrogen-bond donors (Lipinski definition) is 1. The molecule has 0 radical (unpaired) electrons. The van der Waals surface area contributed by atoms with E-state index in [0.29, 0.717) is 24.6 Å². The summed E-state index contributed by atoms with van der Waals surface area (Å²) in [5.41, 5.74) is 1.90. The zero-order chi connectivity index (χ0) is 21.6. The molecule has 0 aromatic heterocycles. The van der Waals surface area contributed by atoms with Gasteiger partial charge in [-0.25, -0.2) is 8.42 Å². The molecule has 1 saturated heterocycles. The second-order valence-electron chi connectivity index (χ2n) is 6.97. The summed E-state index contributed by atoms with van der Waals surface area (Å²) in [4.78, 5) is 12.7. The van der Waals surface area contributed by atoms with Gasteiger partial charge in [0.1, 0.15) is 6.10 Å². The SMILES string of the molecule is N#C/C=C/S(=O)(=O)c1ccc(C2CCOC(C(=O)NCc3ccc(Cl)cc3)C2)cc1. The van der Waals surface area contributed by atoms with Gasteiger partial charge in [0.15, 0.2) is 0 Å². The molecule has 30 heavy (non-hydrogen) atoms. The highest BCUT2D eigenvalue weighted by Crippen LogP contribution is 2.31. The number of halogens is 1. The van der Waals surface area contributed by atoms with E-state index in [1.807, 2.05) is 12.1 Å². The minimum Gasteiger partial charge on any atom is -0.368 e. The molecule has 2 aromatic carbocycles. The molecule has 1 N–H and O–H groups in total. The Morgan fingerprint density at radius 3 is 2.57 bits per heavy atom. The van der Waals surface area contributed by atoms with Crippen LogP contribution in [-0.4, -0.2) is 27.0 Å². The third kappa shape index (κ3) is 5.70. The third-order valence-corrected chi connectivity index (χ3v) is 6.63. The normalized spacial score (nSPS) is 19.3. The van der Waals surface area contributed by atoms with E-state index in [9.17, 15) is 13.2 Å². The first kappa shape index (κ1) is 22.0. The minimum atomic E-state index is -3.63. The van der Waals surface area contributed by atoms with Crippen molar-refractivity contribution in [3.05, 3.63) is 76.2 Å². The fraction of sp³-hybridized carbons (Fsp3) is 0.273. The summed E-state index contributed by atoms with van der Waals surface area (Å²) in [6.07, 6.45) is 1.65. The second kappa shape index (κ2) is 9.90. The maximum absolute atomic E-state index is 12.5. The molecule has 0 aliphatic carbocycles. The van der Waals surface area contributed by atoms with Gasteiger partial charge < -0.3 is 10.1 Å². The van der Waals surface area contributed by atoms with Crippen LogP contribution in [0.2, 0.25) is 5.02 Å². The van der Waals surface area contributed by atoms with E-state index in [4.69, 9.17) is 21.6 Å². The lowest BCUT2D eigenvalue weighted by molar-refractivity contribution is -0.136. The zero-order valence-corrected chi connectivity index (χ0v) is 17.7. The molecule has 3 rings (SSSR count). The number of rotatable bonds is 6. The number of nitriles is 1. The molecule has 1 heterocycles. The van der Waals surface area contributed by atoms with Crippen molar-refractivity contribution in [1.82, 2.24) is 5.32 Å². The predicted octanol–water partition coefficient (Wildman–Crippen LogP) is 3.73. The van der Waals surface area contributed by atoms with Gasteiger partial charge in [0.25, 0.3) is 0 Å². The maximum atomic E-state index is 12.5. The number of nitrogens with one attached hydrogen (secondary N) is 1. The Morgan fingerprint density at radius 1 is 1.20 bits per heavy atom. The van der Waals surface area contributed by atoms with Crippen LogP contribution in [0.5, 0.6) is 0 Å². The molecule has 8 heteroatoms. The first-order valence-electron chi connectivity index (χ1n) is 9.44. The van der Waals surface area contributed by atoms with Crippen LogP contribution in [0.15, 0.2) is 64.9 Å². The molecule has 0 saturated carbocycles. The van der Waals surface area contributed by atoms with Crippen molar-refractivity contribution in [3.8, 4) is 6.07 Å². The monoisotopic (exact) mass is 444 g/mol. The number of amides is 1. The Balaban J connectivity index is 1.61. The summed E-state index contributed by atoms with van der Waals surface area (Å²) in [5.74, 6) is -0.0769. The van der Waals surface area contributed by atoms with E-state index >= 15 is 0 Å². The molecular formula is C22H21ClN2O4S. The van der Waals surface area contributed by atoms with Gasteiger partial charge in [0, 0.05) is 29.7 Å². The van der Waals surface area contributed by atoms with Crippen molar-refractivity contribution in [2.24, 2.45) is 0 Å². The highest BCUT2D eigenvalue weighted by atomic mass is 35.5. The molecule has 2 unspecified atom stereocenters. The fourth-order valence-electron chi connectivity index (χ4n) is 3.32. The van der Waals surface area contributed by atoms with Crippen LogP contribution in [0.1, 0.15) is 29.9 Å². The second-order valence-corrected chi connectivity index (χ2v) is 9.24. The third-order valence-electron chi connectivity index (χ3n) is 4.96. The standard InChI is InChI=1S/C22H21ClN2O4S/c23-19-6-2-16(3-7-19)15-25-22(26)21-14-18(10-12-29-21)17-4-8-20(9-5-17)30(27,28)13-1-11-24/h1-9,13,18,21H,10,12,14-15H2,(H,25,26)/b13-1+. The topological polar surface area (TPSA) is 96.3 Å². The van der Waals surface area contributed by atoms with Crippen LogP contribution >= 0.6 is 11.6 Å². The van der Waals surface area contributed by atoms with Gasteiger partial charge in [-0.3, -0.25) is 4.79 Å². The molecule has 0 spiro atoms. The summed E-state index contributed by atoms with van der Waals surface area (Å²) in [5, 5.41) is 12.9. The molecule has 2 atom stereocenters. The molecule has 0 bridgehead atoms. The van der Waals surface area contributed by atoms with Gasteiger partial charge in [-0.1, -0.05) is 35.9 Å². The summed E-state index contributed by atoms with van der Waals surface area (Å²) in [6, 6.07) is 15.5. The van der Waals surface area contributed by atoms with E-state index in [2.05, 4.69) is 5.32 Å². The van der Waals surface area contributed by atoms with Crippen LogP contribution in [0, 0.1) is 11.3 Å². The maximum Gasteiger partial charge on any atom is 0.249 e. The Morgan fingerprint density at radius 2 is 1.90 bits per heavy atom. The Kier molecular flexibility index (Phi) is 7.27. The Hall–Kier alpha value is -2.66. The summed E-state index contributed by atoms with van der Waals surface area (Å²) < 4.78 is 29.9. The highest BCUT2D eigenvalue weighted by molar-refractivity contribution is 7.94. The molecule has 1 aliphatic rings. The first-order valence-corrected chi connectivity index (χ1v) is 11.4. The highest BCUT2D eigenvalue weighted by Gasteiger charge is 2.29. The van der Waals surface area contributed by atoms with Crippen molar-refractivity contribution in [2.45, 2.75) is 36.3 Å². The Bertz CT molecular complexity index is 1060. The first-order chi connectivity index (χ1) is 14.4. The van der Waals surface area contributed by atoms with Crippen molar-refractivity contribution in [3.63, 3.8) is 0 Å². The van der Waals surface area contributed by atoms with Crippen LogP contribution < -0.4 is 5.32 Å². The molecule has 2 aromatic rings. The van der Waals surface area contributed by atoms with E-state index < -0.39 is 15.9 Å². The van der Waals surface area contributed by atoms with E-state index in [-0.39, 0.29) is 16.7 Å². The smallest absolute Gasteiger partial charge is 0.249 e. The fourth-order valence-corrected chi connectivity index (χ4v) is 4.35. The average molecular weight is 445 g/mol. The van der Waals surface area contributed by atoms with E-state index in [1.54, 1.807) is 30.3 Å². The van der Waals surface area contributed by atoms with E-state index in [1.165, 1.54) is 12.1 Å². The van der Waals surface area contributed by atoms with Crippen molar-refractivity contribution < 1.29 is 17.9 Å². The summed E-state index contributed by atoms with van der Waals surface area (Å²) in [6.45, 7) is 0.845. The number of benzene rings is 2. The minimum absolute atomic E-state index is 0.0939. The van der Waals surface area contributed by atoms with Crippen LogP contribution in [0.3, 0.4) is 0 Å². The van der Waals surface area contributed by atoms with Crippen LogP contribution in [0.25, 0.3) is 0 Å². The van der Waals surface area contributed by atoms with Crippen molar-refractivity contribution >= 4 is 27.3 Å². The number of ether oxygens (including phenoxy) is 1. The van der Waals surface area contributed by atoms with E-state index in [0.717, 1.165) is 29.0 Å². The number of allylic oxidation sites excluding steroid dienone is 1. The Labute approximate surface area is 181 Å². The molecule has 156 valence electrons. The number of nitrogens with zero attached hydrogens (tertiary/aromatic N) is 1. The molecule has 1 aliphatic heterocycles. The van der Waals surface area contributed by atoms with Crippen molar-refractivity contribution in [1.29, 1.82) is 5.26 Å². The van der Waals surface area contributed by atoms with Gasteiger partial charge in [-0.2, -0.15) is 5.26 Å². The lowest BCUT2D eigenvalue weighted by Gasteiger charge is -2.29. The van der Waals surface area contributed by atoms with Gasteiger partial charge in [0.05, 0.1) is 11.0 Å². The number of hydrogen-bond acceptors (Lipinski definition) is 5. The molecular weight excluding hydrogens is 424 g/mol. The lowest BCUT2D eigenvalue weighted by Crippen LogP contribution is -2.39. The van der Waals surface area contributed by atoms with Crippen LogP contribution in [0.4, 0.5) is 0 Å². The number of carbonyl (C=O) groups excluding carboxylic acids is 1. The molecule has 6 nitrogen and oxygen atoms in total. The lowest BCUT2D eigenvalue weighted by atomic mass is 9.88. The molecule has 1 amide bonds. The van der Waals surface area contributed by atoms with Gasteiger partial charge in [-0.15, -0.1) is 0 Å². The van der Waals surface area contributed by atoms with Gasteiger partial charge in [-0.05, 0) is 54.2 Å². The number of carbonyl (C=O) groups is 1. The van der Waals surface area contributed by atoms with Crippen LogP contribution in [-0.2, 0) is 25.9 Å². The summed E-state index contributed by atoms with van der Waals surface area (Å²) >= 11 is 5.87. The predicted molar refractivity (Wildman–Crippen MR) is 113 cm³/mol. The molecule has 1 fully saturated rings. The van der Waals surface area contributed by atoms with Crippen molar-refractivity contribution in [2.75, 3.05) is 6.61 Å². The van der Waals surface area contributed by atoms with Gasteiger partial charge >= 0.3 is 0 Å². The van der Waals surface area contributed by atoms with Gasteiger partial charge in [0.2, 0.25) is 15.7 Å².